The predicted molar refractivity (Wildman–Crippen MR) is 115 cm³/mol. The molecule has 0 radical (unpaired) electrons. The fraction of sp³-hybridized carbons (Fsp3) is 0.208. The Bertz CT molecular complexity index is 1100. The van der Waals surface area contributed by atoms with Gasteiger partial charge in [-0.2, -0.15) is 0 Å². The van der Waals surface area contributed by atoms with E-state index in [9.17, 15) is 4.79 Å². The standard InChI is InChI=1S/C24H24NO2P/c1-23(2)24(3,18-12-6-4-7-13-18)27-28(23,19-14-8-5-9-15-19)21-17-11-10-16-20(21)22(26)25-28/h4-17H,1-3H3,(H,25,26). The van der Waals surface area contributed by atoms with Crippen LogP contribution >= 0.6 is 6.98 Å². The van der Waals surface area contributed by atoms with Crippen molar-refractivity contribution in [3.05, 3.63) is 96.1 Å². The van der Waals surface area contributed by atoms with Crippen LogP contribution in [0.4, 0.5) is 0 Å². The van der Waals surface area contributed by atoms with Gasteiger partial charge in [0, 0.05) is 0 Å². The third-order valence-electron chi connectivity index (χ3n) is 7.10. The summed E-state index contributed by atoms with van der Waals surface area (Å²) in [5.41, 5.74) is 1.34. The van der Waals surface area contributed by atoms with E-state index in [1.165, 1.54) is 0 Å². The fourth-order valence-electron chi connectivity index (χ4n) is 5.28. The Morgan fingerprint density at radius 2 is 1.36 bits per heavy atom. The van der Waals surface area contributed by atoms with Crippen molar-refractivity contribution in [2.75, 3.05) is 0 Å². The molecule has 0 aromatic heterocycles. The minimum atomic E-state index is -3.45. The molecule has 2 aliphatic heterocycles. The second-order valence-corrected chi connectivity index (χ2v) is 13.0. The van der Waals surface area contributed by atoms with E-state index in [1.54, 1.807) is 0 Å². The first-order valence-corrected chi connectivity index (χ1v) is 11.8. The molecule has 2 heterocycles. The average molecular weight is 389 g/mol. The molecule has 142 valence electrons. The molecular weight excluding hydrogens is 365 g/mol. The van der Waals surface area contributed by atoms with Gasteiger partial charge in [-0.3, -0.25) is 0 Å². The van der Waals surface area contributed by atoms with Crippen molar-refractivity contribution < 1.29 is 9.32 Å². The van der Waals surface area contributed by atoms with Crippen LogP contribution in [0.3, 0.4) is 0 Å². The Labute approximate surface area is 165 Å². The van der Waals surface area contributed by atoms with Gasteiger partial charge in [0.05, 0.1) is 0 Å². The van der Waals surface area contributed by atoms with Gasteiger partial charge in [0.15, 0.2) is 0 Å². The van der Waals surface area contributed by atoms with E-state index in [4.69, 9.17) is 4.52 Å². The third-order valence-corrected chi connectivity index (χ3v) is 13.6. The van der Waals surface area contributed by atoms with E-state index >= 15 is 0 Å². The fourth-order valence-corrected chi connectivity index (χ4v) is 12.0. The molecule has 3 aromatic carbocycles. The zero-order valence-corrected chi connectivity index (χ0v) is 17.2. The van der Waals surface area contributed by atoms with Crippen molar-refractivity contribution >= 4 is 23.5 Å². The summed E-state index contributed by atoms with van der Waals surface area (Å²) < 4.78 is 7.15. The third kappa shape index (κ3) is 1.67. The number of carbonyl (C=O) groups is 1. The van der Waals surface area contributed by atoms with Gasteiger partial charge in [0.2, 0.25) is 0 Å². The maximum absolute atomic E-state index is 13.1. The number of nitrogens with one attached hydrogen (secondary N) is 1. The summed E-state index contributed by atoms with van der Waals surface area (Å²) in [6.07, 6.45) is 0. The molecule has 1 fully saturated rings. The van der Waals surface area contributed by atoms with Crippen LogP contribution in [0.15, 0.2) is 84.9 Å². The van der Waals surface area contributed by atoms with Gasteiger partial charge in [0.25, 0.3) is 0 Å². The molecule has 1 atom stereocenters. The summed E-state index contributed by atoms with van der Waals surface area (Å²) in [5, 5.41) is 5.19. The molecule has 5 rings (SSSR count). The number of rotatable bonds is 2. The topological polar surface area (TPSA) is 38.3 Å². The van der Waals surface area contributed by atoms with Crippen LogP contribution in [-0.2, 0) is 10.1 Å². The molecule has 1 amide bonds. The van der Waals surface area contributed by atoms with Gasteiger partial charge >= 0.3 is 165 Å². The van der Waals surface area contributed by atoms with Crippen LogP contribution in [-0.4, -0.2) is 11.1 Å². The number of hydrogen-bond donors (Lipinski definition) is 1. The molecule has 3 aromatic rings. The molecule has 3 nitrogen and oxygen atoms in total. The Hall–Kier alpha value is -2.48. The van der Waals surface area contributed by atoms with E-state index in [1.807, 2.05) is 54.6 Å². The summed E-state index contributed by atoms with van der Waals surface area (Å²) in [5.74, 6) is -0.0414. The molecule has 4 heteroatoms. The normalized spacial score (nSPS) is 27.1. The number of fused-ring (bicyclic) bond motifs is 2. The Morgan fingerprint density at radius 1 is 0.786 bits per heavy atom. The van der Waals surface area contributed by atoms with Gasteiger partial charge in [-0.25, -0.2) is 0 Å². The first kappa shape index (κ1) is 17.6. The molecule has 0 saturated carbocycles. The summed E-state index contributed by atoms with van der Waals surface area (Å²) in [6, 6.07) is 28.5. The van der Waals surface area contributed by atoms with Gasteiger partial charge in [-0.05, 0) is 0 Å². The molecule has 1 saturated heterocycles. The summed E-state index contributed by atoms with van der Waals surface area (Å²) >= 11 is 0. The van der Waals surface area contributed by atoms with Crippen LogP contribution in [0, 0.1) is 0 Å². The monoisotopic (exact) mass is 389 g/mol. The predicted octanol–water partition coefficient (Wildman–Crippen LogP) is 4.49. The van der Waals surface area contributed by atoms with Crippen LogP contribution in [0.1, 0.15) is 36.7 Å². The van der Waals surface area contributed by atoms with Crippen molar-refractivity contribution in [1.82, 2.24) is 5.09 Å². The van der Waals surface area contributed by atoms with E-state index in [-0.39, 0.29) is 11.1 Å². The molecule has 28 heavy (non-hydrogen) atoms. The number of hydrogen-bond acceptors (Lipinski definition) is 2. The SMILES string of the molecule is CC1(c2ccccc2)OP2(c3ccccc3)(NC(=O)c3ccccc32)C1(C)C. The molecule has 2 aliphatic rings. The number of amides is 1. The van der Waals surface area contributed by atoms with Gasteiger partial charge < -0.3 is 0 Å². The average Bonchev–Trinajstić information content (AvgIpc) is 3.01. The minimum absolute atomic E-state index is 0.0414. The molecule has 0 bridgehead atoms. The zero-order chi connectivity index (χ0) is 19.6. The molecule has 1 N–H and O–H groups in total. The van der Waals surface area contributed by atoms with E-state index in [0.29, 0.717) is 0 Å². The van der Waals surface area contributed by atoms with Crippen molar-refractivity contribution in [3.8, 4) is 0 Å². The second kappa shape index (κ2) is 5.31. The van der Waals surface area contributed by atoms with Crippen LogP contribution in [0.5, 0.6) is 0 Å². The van der Waals surface area contributed by atoms with Gasteiger partial charge in [-0.15, -0.1) is 0 Å². The van der Waals surface area contributed by atoms with E-state index in [0.717, 1.165) is 21.7 Å². The Balaban J connectivity index is 1.85. The quantitative estimate of drug-likeness (QED) is 0.656. The Kier molecular flexibility index (Phi) is 3.34. The van der Waals surface area contributed by atoms with Crippen molar-refractivity contribution in [1.29, 1.82) is 0 Å². The zero-order valence-electron chi connectivity index (χ0n) is 16.3. The van der Waals surface area contributed by atoms with Crippen LogP contribution < -0.4 is 15.7 Å². The molecule has 0 aliphatic carbocycles. The first-order valence-electron chi connectivity index (χ1n) is 9.63. The van der Waals surface area contributed by atoms with Crippen LogP contribution in [0.25, 0.3) is 0 Å². The van der Waals surface area contributed by atoms with Crippen molar-refractivity contribution in [2.45, 2.75) is 31.5 Å². The van der Waals surface area contributed by atoms with E-state index < -0.39 is 12.6 Å². The molecule has 1 spiro atoms. The number of benzene rings is 3. The first-order chi connectivity index (χ1) is 13.4. The maximum atomic E-state index is 13.1. The Morgan fingerprint density at radius 3 is 2.00 bits per heavy atom. The van der Waals surface area contributed by atoms with Crippen molar-refractivity contribution in [3.63, 3.8) is 0 Å². The summed E-state index contributed by atoms with van der Waals surface area (Å²) in [7, 11) is 0. The molecule has 1 unspecified atom stereocenters. The van der Waals surface area contributed by atoms with Gasteiger partial charge in [-0.1, -0.05) is 0 Å². The summed E-state index contributed by atoms with van der Waals surface area (Å²) in [4.78, 5) is 13.1. The molecular formula is C24H24NO2P. The number of carbonyl (C=O) groups excluding carboxylic acids is 1. The van der Waals surface area contributed by atoms with Crippen molar-refractivity contribution in [2.24, 2.45) is 0 Å². The summed E-state index contributed by atoms with van der Waals surface area (Å²) in [6.45, 7) is 3.19. The van der Waals surface area contributed by atoms with Crippen LogP contribution in [0.2, 0.25) is 0 Å². The van der Waals surface area contributed by atoms with E-state index in [2.05, 4.69) is 56.2 Å². The second-order valence-electron chi connectivity index (χ2n) is 8.38. The van der Waals surface area contributed by atoms with Gasteiger partial charge in [0.1, 0.15) is 0 Å².